The van der Waals surface area contributed by atoms with Gasteiger partial charge in [0, 0.05) is 18.7 Å². The van der Waals surface area contributed by atoms with Crippen molar-refractivity contribution in [1.29, 1.82) is 0 Å². The lowest BCUT2D eigenvalue weighted by Gasteiger charge is -2.13. The summed E-state index contributed by atoms with van der Waals surface area (Å²) >= 11 is 0. The number of amides is 1. The number of hydrogen-bond donors (Lipinski definition) is 2. The predicted molar refractivity (Wildman–Crippen MR) is 115 cm³/mol. The molecule has 0 aliphatic heterocycles. The van der Waals surface area contributed by atoms with Crippen LogP contribution in [0.4, 0.5) is 5.95 Å². The van der Waals surface area contributed by atoms with Crippen molar-refractivity contribution in [3.05, 3.63) is 35.2 Å². The number of anilines is 1. The topological polar surface area (TPSA) is 117 Å². The van der Waals surface area contributed by atoms with Crippen LogP contribution in [0.15, 0.2) is 18.2 Å². The van der Waals surface area contributed by atoms with E-state index < -0.39 is 0 Å². The first-order valence-electron chi connectivity index (χ1n) is 10.2. The molecule has 0 aliphatic carbocycles. The second kappa shape index (κ2) is 9.53. The zero-order valence-corrected chi connectivity index (χ0v) is 17.6. The number of benzene rings is 1. The molecule has 2 heterocycles. The summed E-state index contributed by atoms with van der Waals surface area (Å²) < 4.78 is 9.48. The van der Waals surface area contributed by atoms with E-state index in [9.17, 15) is 9.59 Å². The Morgan fingerprint density at radius 3 is 2.77 bits per heavy atom. The number of imidazole rings is 1. The maximum absolute atomic E-state index is 12.9. The van der Waals surface area contributed by atoms with E-state index in [0.29, 0.717) is 61.1 Å². The Bertz CT molecular complexity index is 1050. The molecular formula is C21H28N6O3. The molecule has 0 saturated heterocycles. The van der Waals surface area contributed by atoms with E-state index in [4.69, 9.17) is 10.5 Å². The number of aldehydes is 1. The largest absolute Gasteiger partial charge is 0.491 e. The monoisotopic (exact) mass is 412 g/mol. The lowest BCUT2D eigenvalue weighted by atomic mass is 10.2. The second-order valence-electron chi connectivity index (χ2n) is 7.02. The van der Waals surface area contributed by atoms with Gasteiger partial charge in [-0.3, -0.25) is 19.6 Å². The van der Waals surface area contributed by atoms with Crippen LogP contribution in [0.3, 0.4) is 0 Å². The van der Waals surface area contributed by atoms with Gasteiger partial charge >= 0.3 is 0 Å². The summed E-state index contributed by atoms with van der Waals surface area (Å²) in [6.45, 7) is 7.98. The van der Waals surface area contributed by atoms with Gasteiger partial charge in [-0.05, 0) is 51.4 Å². The number of carbonyl (C=O) groups excluding carboxylic acids is 2. The summed E-state index contributed by atoms with van der Waals surface area (Å²) in [5.74, 6) is 0.676. The Balaban J connectivity index is 2.05. The normalized spacial score (nSPS) is 11.1. The number of nitrogens with one attached hydrogen (secondary N) is 1. The number of hydrogen-bond acceptors (Lipinski definition) is 6. The van der Waals surface area contributed by atoms with Crippen molar-refractivity contribution in [2.45, 2.75) is 46.7 Å². The van der Waals surface area contributed by atoms with Gasteiger partial charge in [0.15, 0.2) is 0 Å². The van der Waals surface area contributed by atoms with Gasteiger partial charge in [0.25, 0.3) is 5.91 Å². The van der Waals surface area contributed by atoms with Crippen molar-refractivity contribution in [2.24, 2.45) is 5.73 Å². The Morgan fingerprint density at radius 2 is 2.10 bits per heavy atom. The third kappa shape index (κ3) is 4.35. The predicted octanol–water partition coefficient (Wildman–Crippen LogP) is 2.76. The summed E-state index contributed by atoms with van der Waals surface area (Å²) in [7, 11) is 0. The fourth-order valence-corrected chi connectivity index (χ4v) is 3.37. The van der Waals surface area contributed by atoms with Crippen LogP contribution < -0.4 is 15.8 Å². The highest BCUT2D eigenvalue weighted by atomic mass is 16.5. The van der Waals surface area contributed by atoms with Crippen molar-refractivity contribution in [3.63, 3.8) is 0 Å². The zero-order valence-electron chi connectivity index (χ0n) is 17.6. The molecule has 0 bridgehead atoms. The van der Waals surface area contributed by atoms with Crippen LogP contribution in [0.2, 0.25) is 0 Å². The molecule has 9 nitrogen and oxygen atoms in total. The van der Waals surface area contributed by atoms with E-state index in [2.05, 4.69) is 15.4 Å². The Labute approximate surface area is 175 Å². The summed E-state index contributed by atoms with van der Waals surface area (Å²) in [5.41, 5.74) is 8.61. The van der Waals surface area contributed by atoms with Gasteiger partial charge in [-0.25, -0.2) is 4.98 Å². The molecule has 2 aromatic heterocycles. The van der Waals surface area contributed by atoms with Gasteiger partial charge in [-0.2, -0.15) is 5.10 Å². The number of nitrogens with zero attached hydrogens (tertiary/aromatic N) is 4. The van der Waals surface area contributed by atoms with Crippen LogP contribution in [0.25, 0.3) is 11.0 Å². The number of carbonyl (C=O) groups is 2. The minimum Gasteiger partial charge on any atom is -0.491 e. The highest BCUT2D eigenvalue weighted by Gasteiger charge is 2.20. The number of aromatic nitrogens is 4. The first kappa shape index (κ1) is 21.5. The summed E-state index contributed by atoms with van der Waals surface area (Å²) in [4.78, 5) is 28.9. The van der Waals surface area contributed by atoms with Crippen LogP contribution in [-0.4, -0.2) is 44.7 Å². The molecule has 3 rings (SSSR count). The Kier molecular flexibility index (Phi) is 6.83. The van der Waals surface area contributed by atoms with Crippen molar-refractivity contribution in [1.82, 2.24) is 19.3 Å². The molecule has 1 aromatic carbocycles. The molecule has 30 heavy (non-hydrogen) atoms. The molecule has 0 spiro atoms. The van der Waals surface area contributed by atoms with Gasteiger partial charge in [0.2, 0.25) is 5.95 Å². The summed E-state index contributed by atoms with van der Waals surface area (Å²) in [6, 6.07) is 5.14. The van der Waals surface area contributed by atoms with Crippen LogP contribution in [0, 0.1) is 6.92 Å². The van der Waals surface area contributed by atoms with Gasteiger partial charge in [-0.1, -0.05) is 6.92 Å². The first-order valence-corrected chi connectivity index (χ1v) is 10.2. The summed E-state index contributed by atoms with van der Waals surface area (Å²) in [5, 5.41) is 7.24. The molecule has 160 valence electrons. The van der Waals surface area contributed by atoms with Gasteiger partial charge in [0.1, 0.15) is 23.2 Å². The first-order chi connectivity index (χ1) is 14.5. The molecular weight excluding hydrogens is 384 g/mol. The average molecular weight is 412 g/mol. The van der Waals surface area contributed by atoms with E-state index in [0.717, 1.165) is 23.9 Å². The highest BCUT2D eigenvalue weighted by Crippen LogP contribution is 2.31. The molecule has 3 aromatic rings. The minimum absolute atomic E-state index is 0.286. The third-order valence-corrected chi connectivity index (χ3v) is 4.68. The molecule has 0 radical (unpaired) electrons. The van der Waals surface area contributed by atoms with Crippen molar-refractivity contribution in [3.8, 4) is 5.75 Å². The number of aryl methyl sites for hydroxylation is 3. The van der Waals surface area contributed by atoms with E-state index in [-0.39, 0.29) is 5.91 Å². The second-order valence-corrected chi connectivity index (χ2v) is 7.02. The van der Waals surface area contributed by atoms with E-state index in [1.54, 1.807) is 22.9 Å². The van der Waals surface area contributed by atoms with E-state index >= 15 is 0 Å². The van der Waals surface area contributed by atoms with Gasteiger partial charge in [-0.15, -0.1) is 0 Å². The zero-order chi connectivity index (χ0) is 21.7. The van der Waals surface area contributed by atoms with Crippen LogP contribution >= 0.6 is 0 Å². The quantitative estimate of drug-likeness (QED) is 0.391. The molecule has 1 amide bonds. The maximum atomic E-state index is 12.9. The van der Waals surface area contributed by atoms with E-state index in [1.165, 1.54) is 0 Å². The van der Waals surface area contributed by atoms with Crippen molar-refractivity contribution < 1.29 is 14.3 Å². The molecule has 0 atom stereocenters. The lowest BCUT2D eigenvalue weighted by molar-refractivity contribution is 0.101. The number of ether oxygens (including phenoxy) is 1. The number of nitrogens with two attached hydrogens (primary N) is 1. The Hall–Kier alpha value is -3.20. The smallest absolute Gasteiger partial charge is 0.276 e. The van der Waals surface area contributed by atoms with Crippen molar-refractivity contribution in [2.75, 3.05) is 18.5 Å². The van der Waals surface area contributed by atoms with E-state index in [1.807, 2.05) is 25.3 Å². The Morgan fingerprint density at radius 1 is 1.30 bits per heavy atom. The lowest BCUT2D eigenvalue weighted by Crippen LogP contribution is -2.20. The fraction of sp³-hybridized carbons (Fsp3) is 0.429. The molecule has 3 N–H and O–H groups in total. The third-order valence-electron chi connectivity index (χ3n) is 4.68. The summed E-state index contributed by atoms with van der Waals surface area (Å²) in [6.07, 6.45) is 2.28. The molecule has 0 unspecified atom stereocenters. The highest BCUT2D eigenvalue weighted by molar-refractivity contribution is 6.03. The van der Waals surface area contributed by atoms with Gasteiger partial charge < -0.3 is 15.0 Å². The minimum atomic E-state index is -0.286. The van der Waals surface area contributed by atoms with Crippen LogP contribution in [0.5, 0.6) is 5.75 Å². The molecule has 0 fully saturated rings. The van der Waals surface area contributed by atoms with Crippen LogP contribution in [-0.2, 0) is 13.1 Å². The number of rotatable bonds is 10. The maximum Gasteiger partial charge on any atom is 0.276 e. The SMILES string of the molecule is CCCn1c(NC(=O)c2cc(C)nn2CC)nc2cc(C=O)cc(OCCCN)c21. The molecule has 0 aliphatic rings. The fourth-order valence-electron chi connectivity index (χ4n) is 3.37. The standard InChI is InChI=1S/C21H28N6O3/c1-4-8-26-19-16(11-15(13-28)12-18(19)30-9-6-7-22)23-21(26)24-20(29)17-10-14(3)25-27(17)5-2/h10-13H,4-9,22H2,1-3H3,(H,23,24,29). The van der Waals surface area contributed by atoms with Gasteiger partial charge in [0.05, 0.1) is 17.8 Å². The van der Waals surface area contributed by atoms with Crippen LogP contribution in [0.1, 0.15) is 53.2 Å². The van der Waals surface area contributed by atoms with Crippen molar-refractivity contribution >= 4 is 29.2 Å². The molecule has 0 saturated carbocycles. The molecule has 9 heteroatoms. The number of fused-ring (bicyclic) bond motifs is 1. The average Bonchev–Trinajstić information content (AvgIpc) is 3.28.